The highest BCUT2D eigenvalue weighted by Crippen LogP contribution is 2.37. The molecule has 2 N–H and O–H groups in total. The molecule has 0 radical (unpaired) electrons. The summed E-state index contributed by atoms with van der Waals surface area (Å²) < 4.78 is 20.1. The van der Waals surface area contributed by atoms with E-state index in [1.807, 2.05) is 36.4 Å². The van der Waals surface area contributed by atoms with Gasteiger partial charge in [-0.3, -0.25) is 0 Å². The van der Waals surface area contributed by atoms with Crippen LogP contribution >= 0.6 is 0 Å². The van der Waals surface area contributed by atoms with Crippen LogP contribution in [0.2, 0.25) is 5.04 Å². The molecule has 4 atom stereocenters. The normalized spacial score (nSPS) is 21.8. The molecule has 0 aromatic heterocycles. The number of benzene rings is 3. The van der Waals surface area contributed by atoms with Gasteiger partial charge in [0.15, 0.2) is 0 Å². The van der Waals surface area contributed by atoms with Gasteiger partial charge in [0.25, 0.3) is 8.32 Å². The van der Waals surface area contributed by atoms with Gasteiger partial charge in [0.2, 0.25) is 0 Å². The highest BCUT2D eigenvalue weighted by Gasteiger charge is 2.50. The van der Waals surface area contributed by atoms with Gasteiger partial charge in [0, 0.05) is 6.61 Å². The summed E-state index contributed by atoms with van der Waals surface area (Å²) in [4.78, 5) is 0. The van der Waals surface area contributed by atoms with Crippen molar-refractivity contribution >= 4 is 18.7 Å². The van der Waals surface area contributed by atoms with E-state index in [1.54, 1.807) is 0 Å². The van der Waals surface area contributed by atoms with Crippen LogP contribution in [0.15, 0.2) is 103 Å². The van der Waals surface area contributed by atoms with Gasteiger partial charge in [0.05, 0.1) is 31.5 Å². The third kappa shape index (κ3) is 7.38. The van der Waals surface area contributed by atoms with Crippen LogP contribution in [0.3, 0.4) is 0 Å². The minimum Gasteiger partial charge on any atom is -0.407 e. The van der Waals surface area contributed by atoms with Crippen molar-refractivity contribution in [2.24, 2.45) is 0 Å². The zero-order valence-electron chi connectivity index (χ0n) is 24.0. The molecular formula is C34H44O5Si. The zero-order valence-corrected chi connectivity index (χ0v) is 25.0. The van der Waals surface area contributed by atoms with Crippen molar-refractivity contribution in [1.82, 2.24) is 0 Å². The van der Waals surface area contributed by atoms with Crippen molar-refractivity contribution in [2.45, 2.75) is 76.1 Å². The van der Waals surface area contributed by atoms with Crippen LogP contribution in [0, 0.1) is 0 Å². The second kappa shape index (κ2) is 14.4. The number of rotatable bonds is 11. The van der Waals surface area contributed by atoms with E-state index in [0.29, 0.717) is 32.5 Å². The Kier molecular flexibility index (Phi) is 10.9. The number of hydrogen-bond acceptors (Lipinski definition) is 5. The SMILES string of the molecule is CC(C)(C)[Si](OCC[C@@H]1O[C@@H]([C@H](O)CO)C/C=C\C[C@@H]1OCc1ccccc1)(c1ccccc1)c1ccccc1. The van der Waals surface area contributed by atoms with Crippen molar-refractivity contribution in [3.05, 3.63) is 109 Å². The first-order valence-corrected chi connectivity index (χ1v) is 16.3. The van der Waals surface area contributed by atoms with E-state index in [9.17, 15) is 10.2 Å². The number of aliphatic hydroxyl groups is 2. The van der Waals surface area contributed by atoms with E-state index in [-0.39, 0.29) is 23.9 Å². The van der Waals surface area contributed by atoms with Crippen molar-refractivity contribution in [2.75, 3.05) is 13.2 Å². The van der Waals surface area contributed by atoms with Gasteiger partial charge in [0.1, 0.15) is 6.10 Å². The molecule has 1 aliphatic heterocycles. The molecule has 40 heavy (non-hydrogen) atoms. The highest BCUT2D eigenvalue weighted by atomic mass is 28.4. The van der Waals surface area contributed by atoms with Crippen LogP contribution in [0.4, 0.5) is 0 Å². The van der Waals surface area contributed by atoms with E-state index >= 15 is 0 Å². The summed E-state index contributed by atoms with van der Waals surface area (Å²) in [6, 6.07) is 31.4. The zero-order chi connectivity index (χ0) is 28.4. The summed E-state index contributed by atoms with van der Waals surface area (Å²) in [5.41, 5.74) is 1.10. The molecule has 214 valence electrons. The van der Waals surface area contributed by atoms with E-state index < -0.39 is 20.5 Å². The van der Waals surface area contributed by atoms with E-state index in [0.717, 1.165) is 5.56 Å². The Labute approximate surface area is 240 Å². The summed E-state index contributed by atoms with van der Waals surface area (Å²) in [7, 11) is -2.69. The molecule has 3 aromatic carbocycles. The molecule has 0 fully saturated rings. The number of ether oxygens (including phenoxy) is 2. The Morgan fingerprint density at radius 1 is 0.850 bits per heavy atom. The predicted molar refractivity (Wildman–Crippen MR) is 163 cm³/mol. The van der Waals surface area contributed by atoms with Crippen molar-refractivity contribution in [3.8, 4) is 0 Å². The smallest absolute Gasteiger partial charge is 0.261 e. The van der Waals surface area contributed by atoms with Crippen LogP contribution in [0.5, 0.6) is 0 Å². The topological polar surface area (TPSA) is 68.2 Å². The van der Waals surface area contributed by atoms with Crippen LogP contribution in [0.25, 0.3) is 0 Å². The molecule has 0 spiro atoms. The van der Waals surface area contributed by atoms with Gasteiger partial charge in [-0.05, 0) is 40.2 Å². The Morgan fingerprint density at radius 2 is 1.40 bits per heavy atom. The maximum atomic E-state index is 10.5. The summed E-state index contributed by atoms with van der Waals surface area (Å²) in [6.45, 7) is 7.43. The summed E-state index contributed by atoms with van der Waals surface area (Å²) in [6.07, 6.45) is 3.97. The molecule has 0 saturated carbocycles. The van der Waals surface area contributed by atoms with Crippen LogP contribution in [0.1, 0.15) is 45.6 Å². The first kappa shape index (κ1) is 30.4. The van der Waals surface area contributed by atoms with Gasteiger partial charge in [-0.1, -0.05) is 124 Å². The molecule has 4 rings (SSSR count). The largest absolute Gasteiger partial charge is 0.407 e. The molecule has 0 amide bonds. The fourth-order valence-electron chi connectivity index (χ4n) is 5.64. The Balaban J connectivity index is 1.60. The summed E-state index contributed by atoms with van der Waals surface area (Å²) in [5, 5.41) is 22.5. The third-order valence-corrected chi connectivity index (χ3v) is 12.8. The molecule has 0 saturated heterocycles. The summed E-state index contributed by atoms with van der Waals surface area (Å²) in [5.74, 6) is 0. The molecule has 5 nitrogen and oxygen atoms in total. The summed E-state index contributed by atoms with van der Waals surface area (Å²) >= 11 is 0. The van der Waals surface area contributed by atoms with Crippen LogP contribution in [-0.4, -0.2) is 56.2 Å². The van der Waals surface area contributed by atoms with Crippen LogP contribution < -0.4 is 10.4 Å². The lowest BCUT2D eigenvalue weighted by Crippen LogP contribution is -2.66. The van der Waals surface area contributed by atoms with Gasteiger partial charge in [-0.2, -0.15) is 0 Å². The third-order valence-electron chi connectivity index (χ3n) is 7.73. The number of aliphatic hydroxyl groups excluding tert-OH is 2. The average molecular weight is 561 g/mol. The van der Waals surface area contributed by atoms with E-state index in [1.165, 1.54) is 10.4 Å². The Bertz CT molecular complexity index is 1120. The van der Waals surface area contributed by atoms with Gasteiger partial charge >= 0.3 is 0 Å². The molecule has 0 aliphatic carbocycles. The minimum absolute atomic E-state index is 0.126. The second-order valence-corrected chi connectivity index (χ2v) is 15.8. The highest BCUT2D eigenvalue weighted by molar-refractivity contribution is 6.99. The van der Waals surface area contributed by atoms with Crippen molar-refractivity contribution in [3.63, 3.8) is 0 Å². The fourth-order valence-corrected chi connectivity index (χ4v) is 10.2. The Morgan fingerprint density at radius 3 is 1.95 bits per heavy atom. The maximum absolute atomic E-state index is 10.5. The van der Waals surface area contributed by atoms with Crippen molar-refractivity contribution in [1.29, 1.82) is 0 Å². The maximum Gasteiger partial charge on any atom is 0.261 e. The lowest BCUT2D eigenvalue weighted by Gasteiger charge is -2.43. The number of hydrogen-bond donors (Lipinski definition) is 2. The predicted octanol–water partition coefficient (Wildman–Crippen LogP) is 5.00. The van der Waals surface area contributed by atoms with E-state index in [4.69, 9.17) is 13.9 Å². The Hall–Kier alpha value is -2.58. The van der Waals surface area contributed by atoms with Gasteiger partial charge in [-0.15, -0.1) is 0 Å². The first-order chi connectivity index (χ1) is 19.3. The minimum atomic E-state index is -2.69. The first-order valence-electron chi connectivity index (χ1n) is 14.3. The lowest BCUT2D eigenvalue weighted by atomic mass is 10.0. The molecule has 1 aliphatic rings. The quantitative estimate of drug-likeness (QED) is 0.255. The van der Waals surface area contributed by atoms with Crippen LogP contribution in [-0.2, 0) is 20.5 Å². The lowest BCUT2D eigenvalue weighted by molar-refractivity contribution is -0.145. The van der Waals surface area contributed by atoms with Crippen molar-refractivity contribution < 1.29 is 24.1 Å². The molecule has 1 heterocycles. The second-order valence-electron chi connectivity index (χ2n) is 11.5. The molecule has 0 bridgehead atoms. The molecule has 0 unspecified atom stereocenters. The monoisotopic (exact) mass is 560 g/mol. The average Bonchev–Trinajstić information content (AvgIpc) is 2.96. The molecule has 6 heteroatoms. The van der Waals surface area contributed by atoms with Gasteiger partial charge < -0.3 is 24.1 Å². The van der Waals surface area contributed by atoms with E-state index in [2.05, 4.69) is 87.5 Å². The van der Waals surface area contributed by atoms with Gasteiger partial charge in [-0.25, -0.2) is 0 Å². The molecular weight excluding hydrogens is 516 g/mol. The molecule has 3 aromatic rings. The fraction of sp³-hybridized carbons (Fsp3) is 0.412. The standard InChI is InChI=1S/C34H44O5Si/c1-34(2,3)40(28-17-9-5-10-18-28,29-19-11-6-12-20-29)38-24-23-33-32(37-26-27-15-7-4-8-16-27)22-14-13-21-31(39-33)30(36)25-35/h4-20,30-33,35-36H,21-26H2,1-3H3/b14-13-/t30-,31-,32+,33+/m1/s1.